The Morgan fingerprint density at radius 2 is 1.93 bits per heavy atom. The largest absolute Gasteiger partial charge is 1.00 e. The van der Waals surface area contributed by atoms with Gasteiger partial charge in [-0.3, -0.25) is 0 Å². The minimum Gasteiger partial charge on any atom is -0.530 e. The van der Waals surface area contributed by atoms with E-state index in [0.717, 1.165) is 12.0 Å². The van der Waals surface area contributed by atoms with E-state index < -0.39 is 6.09 Å². The van der Waals surface area contributed by atoms with Gasteiger partial charge in [-0.25, -0.2) is 0 Å². The van der Waals surface area contributed by atoms with Crippen molar-refractivity contribution in [2.24, 2.45) is 0 Å². The van der Waals surface area contributed by atoms with Crippen LogP contribution in [0, 0.1) is 0 Å². The number of carboxylic acid groups (broad SMARTS) is 1. The molecule has 3 nitrogen and oxygen atoms in total. The van der Waals surface area contributed by atoms with Gasteiger partial charge in [-0.2, -0.15) is 0 Å². The summed E-state index contributed by atoms with van der Waals surface area (Å²) in [4.78, 5) is 11.9. The topological polar surface area (TPSA) is 43.4 Å². The molecule has 0 fully saturated rings. The van der Waals surface area contributed by atoms with Gasteiger partial charge in [0, 0.05) is 13.1 Å². The van der Waals surface area contributed by atoms with Crippen LogP contribution in [0.2, 0.25) is 0 Å². The van der Waals surface area contributed by atoms with E-state index in [1.165, 1.54) is 10.5 Å². The van der Waals surface area contributed by atoms with Crippen LogP contribution in [-0.4, -0.2) is 17.5 Å². The summed E-state index contributed by atoms with van der Waals surface area (Å²) in [5, 5.41) is 10.6. The van der Waals surface area contributed by atoms with Gasteiger partial charge in [0.1, 0.15) is 6.09 Å². The fourth-order valence-corrected chi connectivity index (χ4v) is 1.65. The van der Waals surface area contributed by atoms with Crippen LogP contribution in [0.1, 0.15) is 11.1 Å². The number of nitrogens with zero attached hydrogens (tertiary/aromatic N) is 1. The summed E-state index contributed by atoms with van der Waals surface area (Å²) in [5.41, 5.74) is 2.35. The van der Waals surface area contributed by atoms with Gasteiger partial charge in [-0.05, 0) is 17.5 Å². The van der Waals surface area contributed by atoms with Crippen LogP contribution in [0.4, 0.5) is 4.79 Å². The quantitative estimate of drug-likeness (QED) is 0.414. The number of carbonyl (C=O) groups excluding carboxylic acids is 1. The van der Waals surface area contributed by atoms with Gasteiger partial charge in [-0.1, -0.05) is 24.3 Å². The van der Waals surface area contributed by atoms with Crippen molar-refractivity contribution in [1.82, 2.24) is 4.90 Å². The summed E-state index contributed by atoms with van der Waals surface area (Å²) in [6.45, 7) is 1.03. The second-order valence-corrected chi connectivity index (χ2v) is 3.21. The number of rotatable bonds is 0. The Labute approximate surface area is 94.9 Å². The maximum Gasteiger partial charge on any atom is 1.00 e. The van der Waals surface area contributed by atoms with E-state index in [-0.39, 0.29) is 18.9 Å². The predicted molar refractivity (Wildman–Crippen MR) is 46.0 cm³/mol. The van der Waals surface area contributed by atoms with Crippen molar-refractivity contribution in [2.45, 2.75) is 13.0 Å². The number of benzene rings is 1. The molecule has 1 aromatic rings. The SMILES string of the molecule is O=C([O-])N1CCc2ccccc2C1.[Li+]. The van der Waals surface area contributed by atoms with Crippen molar-refractivity contribution >= 4 is 6.09 Å². The van der Waals surface area contributed by atoms with Crippen LogP contribution in [0.15, 0.2) is 24.3 Å². The summed E-state index contributed by atoms with van der Waals surface area (Å²) in [6, 6.07) is 7.91. The Hall–Kier alpha value is -0.913. The number of fused-ring (bicyclic) bond motifs is 1. The molecule has 0 atom stereocenters. The number of hydrogen-bond acceptors (Lipinski definition) is 2. The Kier molecular flexibility index (Phi) is 3.62. The molecule has 1 heterocycles. The van der Waals surface area contributed by atoms with Crippen molar-refractivity contribution in [3.05, 3.63) is 35.4 Å². The monoisotopic (exact) mass is 183 g/mol. The normalized spacial score (nSPS) is 14.1. The van der Waals surface area contributed by atoms with E-state index in [4.69, 9.17) is 0 Å². The zero-order valence-electron chi connectivity index (χ0n) is 8.19. The van der Waals surface area contributed by atoms with Gasteiger partial charge in [0.05, 0.1) is 0 Å². The summed E-state index contributed by atoms with van der Waals surface area (Å²) in [7, 11) is 0. The average Bonchev–Trinajstić information content (AvgIpc) is 2.17. The Morgan fingerprint density at radius 3 is 2.57 bits per heavy atom. The third-order valence-electron chi connectivity index (χ3n) is 2.39. The minimum atomic E-state index is -1.07. The van der Waals surface area contributed by atoms with Crippen LogP contribution in [-0.2, 0) is 13.0 Å². The number of carbonyl (C=O) groups is 1. The van der Waals surface area contributed by atoms with E-state index in [0.29, 0.717) is 13.1 Å². The molecule has 1 amide bonds. The second kappa shape index (κ2) is 4.54. The summed E-state index contributed by atoms with van der Waals surface area (Å²) >= 11 is 0. The van der Waals surface area contributed by atoms with Crippen molar-refractivity contribution in [3.63, 3.8) is 0 Å². The molecule has 68 valence electrons. The molecule has 1 aliphatic rings. The molecule has 0 saturated heterocycles. The first-order valence-electron chi connectivity index (χ1n) is 4.30. The molecule has 1 aliphatic heterocycles. The summed E-state index contributed by atoms with van der Waals surface area (Å²) < 4.78 is 0. The van der Waals surface area contributed by atoms with Crippen molar-refractivity contribution in [3.8, 4) is 0 Å². The maximum atomic E-state index is 10.6. The Bertz CT molecular complexity index is 341. The number of amides is 1. The van der Waals surface area contributed by atoms with Gasteiger partial charge >= 0.3 is 18.9 Å². The van der Waals surface area contributed by atoms with Crippen LogP contribution in [0.3, 0.4) is 0 Å². The zero-order valence-corrected chi connectivity index (χ0v) is 8.19. The van der Waals surface area contributed by atoms with E-state index in [1.54, 1.807) is 0 Å². The van der Waals surface area contributed by atoms with E-state index >= 15 is 0 Å². The van der Waals surface area contributed by atoms with Gasteiger partial charge in [0.2, 0.25) is 0 Å². The molecule has 0 spiro atoms. The molecule has 2 rings (SSSR count). The predicted octanol–water partition coefficient (Wildman–Crippen LogP) is -2.61. The summed E-state index contributed by atoms with van der Waals surface area (Å²) in [6.07, 6.45) is -0.279. The van der Waals surface area contributed by atoms with E-state index in [1.807, 2.05) is 24.3 Å². The summed E-state index contributed by atoms with van der Waals surface area (Å²) in [5.74, 6) is 0. The molecule has 0 aliphatic carbocycles. The molecule has 4 heteroatoms. The van der Waals surface area contributed by atoms with Crippen LogP contribution >= 0.6 is 0 Å². The maximum absolute atomic E-state index is 10.6. The van der Waals surface area contributed by atoms with Gasteiger partial charge in [0.25, 0.3) is 0 Å². The fraction of sp³-hybridized carbons (Fsp3) is 0.300. The molecule has 1 aromatic carbocycles. The first-order chi connectivity index (χ1) is 6.27. The molecule has 14 heavy (non-hydrogen) atoms. The zero-order chi connectivity index (χ0) is 9.26. The van der Waals surface area contributed by atoms with Crippen LogP contribution in [0.5, 0.6) is 0 Å². The molecular formula is C10H10LiNO2. The molecule has 0 N–H and O–H groups in total. The molecular weight excluding hydrogens is 173 g/mol. The standard InChI is InChI=1S/C10H11NO2.Li/c12-10(13)11-6-5-8-3-1-2-4-9(8)7-11;/h1-4H,5-7H2,(H,12,13);/q;+1/p-1. The van der Waals surface area contributed by atoms with Crippen molar-refractivity contribution < 1.29 is 28.8 Å². The number of hydrogen-bond donors (Lipinski definition) is 0. The van der Waals surface area contributed by atoms with E-state index in [9.17, 15) is 9.90 Å². The van der Waals surface area contributed by atoms with E-state index in [2.05, 4.69) is 0 Å². The first kappa shape index (κ1) is 11.2. The van der Waals surface area contributed by atoms with Gasteiger partial charge < -0.3 is 14.8 Å². The molecule has 0 unspecified atom stereocenters. The Balaban J connectivity index is 0.000000980. The first-order valence-corrected chi connectivity index (χ1v) is 4.30. The average molecular weight is 183 g/mol. The van der Waals surface area contributed by atoms with Crippen LogP contribution < -0.4 is 24.0 Å². The smallest absolute Gasteiger partial charge is 0.530 e. The third-order valence-corrected chi connectivity index (χ3v) is 2.39. The van der Waals surface area contributed by atoms with Gasteiger partial charge in [-0.15, -0.1) is 0 Å². The van der Waals surface area contributed by atoms with Crippen molar-refractivity contribution in [1.29, 1.82) is 0 Å². The fourth-order valence-electron chi connectivity index (χ4n) is 1.65. The van der Waals surface area contributed by atoms with Crippen molar-refractivity contribution in [2.75, 3.05) is 6.54 Å². The third kappa shape index (κ3) is 2.12. The van der Waals surface area contributed by atoms with Gasteiger partial charge in [0.15, 0.2) is 0 Å². The molecule has 0 saturated carbocycles. The second-order valence-electron chi connectivity index (χ2n) is 3.21. The molecule has 0 aromatic heterocycles. The minimum absolute atomic E-state index is 0. The van der Waals surface area contributed by atoms with Crippen LogP contribution in [0.25, 0.3) is 0 Å². The molecule has 0 radical (unpaired) electrons. The molecule has 0 bridgehead atoms. The Morgan fingerprint density at radius 1 is 1.29 bits per heavy atom.